The molecule has 0 saturated carbocycles. The number of fused-ring (bicyclic) bond motifs is 1. The molecule has 1 aromatic carbocycles. The van der Waals surface area contributed by atoms with E-state index in [4.69, 9.17) is 14.7 Å². The molecular formula is C44H64N8O3S2. The summed E-state index contributed by atoms with van der Waals surface area (Å²) in [5, 5.41) is 12.6. The molecule has 57 heavy (non-hydrogen) atoms. The van der Waals surface area contributed by atoms with E-state index in [-0.39, 0.29) is 24.6 Å². The second-order valence-electron chi connectivity index (χ2n) is 13.5. The van der Waals surface area contributed by atoms with Gasteiger partial charge in [0, 0.05) is 43.6 Å². The molecule has 0 bridgehead atoms. The number of unbranched alkanes of at least 4 members (excludes halogenated alkanes) is 1. The van der Waals surface area contributed by atoms with Crippen molar-refractivity contribution in [1.29, 1.82) is 0 Å². The summed E-state index contributed by atoms with van der Waals surface area (Å²) in [5.74, 6) is 2.71. The molecule has 310 valence electrons. The summed E-state index contributed by atoms with van der Waals surface area (Å²) in [5.41, 5.74) is 2.57. The van der Waals surface area contributed by atoms with E-state index in [2.05, 4.69) is 120 Å². The van der Waals surface area contributed by atoms with Crippen molar-refractivity contribution in [2.75, 3.05) is 41.8 Å². The third kappa shape index (κ3) is 20.5. The molecule has 0 saturated heterocycles. The first-order chi connectivity index (χ1) is 27.9. The first kappa shape index (κ1) is 46.9. The standard InChI is InChI=1S/C44H64N8O3S2/c1-5-7-8-9-10-11-12-13-14-15-16-17-18-19-20-21-25-28-39(53)45-29-31-56-57-32-30-46-44(54)55-34-38(6-2)49-43-50-41(47-33-37-26-23-22-24-27-37)40-42(51-43)52(35-48-40)36(3)4/h7-8,10-11,13-14,16-17,19-20,22-24,26-27,35-36,38H,5-6,9,12,15,18,21,25,28-34H2,1-4H3,(H,45,53)(H,46,54)(H2,47,49,50,51)/b8-7-,11-10-,14-13-,17-16-,20-19-/t38-/m1/s1. The summed E-state index contributed by atoms with van der Waals surface area (Å²) in [6.07, 6.45) is 31.2. The lowest BCUT2D eigenvalue weighted by Gasteiger charge is -2.18. The van der Waals surface area contributed by atoms with E-state index < -0.39 is 6.09 Å². The number of carbonyl (C=O) groups excluding carboxylic acids is 2. The quantitative estimate of drug-likeness (QED) is 0.0305. The normalized spacial score (nSPS) is 12.6. The summed E-state index contributed by atoms with van der Waals surface area (Å²) < 4.78 is 7.55. The summed E-state index contributed by atoms with van der Waals surface area (Å²) >= 11 is 0. The van der Waals surface area contributed by atoms with Gasteiger partial charge in [0.15, 0.2) is 17.0 Å². The molecule has 3 rings (SSSR count). The van der Waals surface area contributed by atoms with Gasteiger partial charge in [-0.15, -0.1) is 0 Å². The van der Waals surface area contributed by atoms with Crippen molar-refractivity contribution in [3.8, 4) is 0 Å². The number of nitrogens with zero attached hydrogens (tertiary/aromatic N) is 4. The molecule has 0 aliphatic rings. The Hall–Kier alpha value is -4.49. The summed E-state index contributed by atoms with van der Waals surface area (Å²) in [7, 11) is 3.33. The van der Waals surface area contributed by atoms with Gasteiger partial charge in [-0.2, -0.15) is 9.97 Å². The van der Waals surface area contributed by atoms with Crippen LogP contribution in [0.25, 0.3) is 11.2 Å². The van der Waals surface area contributed by atoms with Crippen molar-refractivity contribution in [3.63, 3.8) is 0 Å². The van der Waals surface area contributed by atoms with Crippen LogP contribution >= 0.6 is 21.6 Å². The minimum Gasteiger partial charge on any atom is -0.447 e. The maximum atomic E-state index is 12.4. The fourth-order valence-electron chi connectivity index (χ4n) is 5.32. The SMILES string of the molecule is CC/C=C\C/C=C\C/C=C\C/C=C\C/C=C\CCCC(=O)NCCSSCCNC(=O)OC[C@@H](CC)Nc1nc(NCc2ccccc2)c2ncn(C(C)C)c2n1. The number of aromatic nitrogens is 4. The van der Waals surface area contributed by atoms with Gasteiger partial charge in [-0.25, -0.2) is 9.78 Å². The number of rotatable bonds is 29. The van der Waals surface area contributed by atoms with Crippen molar-refractivity contribution < 1.29 is 14.3 Å². The van der Waals surface area contributed by atoms with Crippen LogP contribution in [0.3, 0.4) is 0 Å². The molecule has 1 atom stereocenters. The fraction of sp³-hybridized carbons (Fsp3) is 0.477. The van der Waals surface area contributed by atoms with Gasteiger partial charge in [-0.3, -0.25) is 4.79 Å². The van der Waals surface area contributed by atoms with Crippen molar-refractivity contribution in [3.05, 3.63) is 103 Å². The fourth-order valence-corrected chi connectivity index (χ4v) is 7.13. The van der Waals surface area contributed by atoms with Crippen molar-refractivity contribution in [2.45, 2.75) is 104 Å². The number of anilines is 2. The number of benzene rings is 1. The highest BCUT2D eigenvalue weighted by Gasteiger charge is 2.18. The highest BCUT2D eigenvalue weighted by molar-refractivity contribution is 8.76. The van der Waals surface area contributed by atoms with Crippen LogP contribution in [0.1, 0.15) is 97.1 Å². The van der Waals surface area contributed by atoms with Crippen LogP contribution in [0.15, 0.2) is 97.4 Å². The number of allylic oxidation sites excluding steroid dienone is 10. The molecule has 11 nitrogen and oxygen atoms in total. The van der Waals surface area contributed by atoms with Crippen molar-refractivity contribution >= 4 is 56.5 Å². The molecule has 0 fully saturated rings. The lowest BCUT2D eigenvalue weighted by molar-refractivity contribution is -0.121. The van der Waals surface area contributed by atoms with Gasteiger partial charge in [0.1, 0.15) is 6.61 Å². The Morgan fingerprint density at radius 3 is 2.09 bits per heavy atom. The molecule has 2 aromatic heterocycles. The van der Waals surface area contributed by atoms with Crippen LogP contribution in [0.2, 0.25) is 0 Å². The van der Waals surface area contributed by atoms with Gasteiger partial charge in [0.2, 0.25) is 11.9 Å². The minimum atomic E-state index is -0.461. The Labute approximate surface area is 348 Å². The number of alkyl carbamates (subject to hydrolysis) is 1. The predicted octanol–water partition coefficient (Wildman–Crippen LogP) is 10.4. The molecule has 3 aromatic rings. The number of nitrogens with one attached hydrogen (secondary N) is 4. The molecule has 0 unspecified atom stereocenters. The Bertz CT molecular complexity index is 1720. The van der Waals surface area contributed by atoms with E-state index in [9.17, 15) is 9.59 Å². The topological polar surface area (TPSA) is 135 Å². The summed E-state index contributed by atoms with van der Waals surface area (Å²) in [4.78, 5) is 38.7. The number of amides is 2. The molecule has 0 aliphatic carbocycles. The molecule has 0 radical (unpaired) electrons. The lowest BCUT2D eigenvalue weighted by atomic mass is 10.2. The highest BCUT2D eigenvalue weighted by atomic mass is 33.1. The van der Waals surface area contributed by atoms with E-state index in [1.807, 2.05) is 29.7 Å². The third-order valence-corrected chi connectivity index (χ3v) is 10.9. The Balaban J connectivity index is 1.21. The number of hydrogen-bond donors (Lipinski definition) is 4. The van der Waals surface area contributed by atoms with Gasteiger partial charge >= 0.3 is 6.09 Å². The van der Waals surface area contributed by atoms with Crippen molar-refractivity contribution in [2.24, 2.45) is 0 Å². The largest absolute Gasteiger partial charge is 0.447 e. The average molecular weight is 817 g/mol. The maximum absolute atomic E-state index is 12.4. The Morgan fingerprint density at radius 1 is 0.825 bits per heavy atom. The minimum absolute atomic E-state index is 0.0895. The van der Waals surface area contributed by atoms with Crippen LogP contribution in [0.4, 0.5) is 16.6 Å². The first-order valence-electron chi connectivity index (χ1n) is 20.4. The van der Waals surface area contributed by atoms with E-state index in [0.717, 1.165) is 67.7 Å². The smallest absolute Gasteiger partial charge is 0.407 e. The predicted molar refractivity (Wildman–Crippen MR) is 243 cm³/mol. The molecule has 0 aliphatic heterocycles. The van der Waals surface area contributed by atoms with Gasteiger partial charge in [0.25, 0.3) is 0 Å². The molecule has 2 heterocycles. The van der Waals surface area contributed by atoms with Crippen LogP contribution in [0, 0.1) is 0 Å². The van der Waals surface area contributed by atoms with Crippen LogP contribution in [-0.2, 0) is 16.1 Å². The highest BCUT2D eigenvalue weighted by Crippen LogP contribution is 2.24. The zero-order valence-corrected chi connectivity index (χ0v) is 36.0. The van der Waals surface area contributed by atoms with Crippen LogP contribution < -0.4 is 21.3 Å². The van der Waals surface area contributed by atoms with E-state index in [1.54, 1.807) is 27.9 Å². The van der Waals surface area contributed by atoms with Crippen molar-refractivity contribution in [1.82, 2.24) is 30.2 Å². The molecule has 0 spiro atoms. The first-order valence-corrected chi connectivity index (χ1v) is 22.9. The molecule has 4 N–H and O–H groups in total. The number of carbonyl (C=O) groups is 2. The van der Waals surface area contributed by atoms with E-state index in [0.29, 0.717) is 49.8 Å². The third-order valence-electron chi connectivity index (χ3n) is 8.50. The Kier molecular flexibility index (Phi) is 24.4. The number of hydrogen-bond acceptors (Lipinski definition) is 10. The zero-order chi connectivity index (χ0) is 40.8. The molecule has 2 amide bonds. The van der Waals surface area contributed by atoms with Crippen LogP contribution in [0.5, 0.6) is 0 Å². The van der Waals surface area contributed by atoms with E-state index in [1.165, 1.54) is 0 Å². The van der Waals surface area contributed by atoms with Crippen LogP contribution in [-0.4, -0.2) is 68.8 Å². The second kappa shape index (κ2) is 29.7. The summed E-state index contributed by atoms with van der Waals surface area (Å²) in [6, 6.07) is 10.1. The van der Waals surface area contributed by atoms with Gasteiger partial charge in [-0.05, 0) is 70.8 Å². The zero-order valence-electron chi connectivity index (χ0n) is 34.3. The Morgan fingerprint density at radius 2 is 1.46 bits per heavy atom. The van der Waals surface area contributed by atoms with Gasteiger partial charge < -0.3 is 30.6 Å². The van der Waals surface area contributed by atoms with E-state index >= 15 is 0 Å². The number of ether oxygens (including phenoxy) is 1. The monoisotopic (exact) mass is 816 g/mol. The summed E-state index contributed by atoms with van der Waals surface area (Å²) in [6.45, 7) is 10.2. The van der Waals surface area contributed by atoms with Gasteiger partial charge in [-0.1, -0.05) is 127 Å². The average Bonchev–Trinajstić information content (AvgIpc) is 3.65. The maximum Gasteiger partial charge on any atom is 0.407 e. The molecule has 13 heteroatoms. The van der Waals surface area contributed by atoms with Gasteiger partial charge in [0.05, 0.1) is 12.4 Å². The second-order valence-corrected chi connectivity index (χ2v) is 16.2. The number of imidazole rings is 1. The lowest BCUT2D eigenvalue weighted by Crippen LogP contribution is -2.32. The molecular weight excluding hydrogens is 753 g/mol.